The van der Waals surface area contributed by atoms with Gasteiger partial charge in [-0.2, -0.15) is 0 Å². The number of nitrogens with one attached hydrogen (secondary N) is 1. The fourth-order valence-corrected chi connectivity index (χ4v) is 3.01. The van der Waals surface area contributed by atoms with E-state index in [1.807, 2.05) is 38.3 Å². The van der Waals surface area contributed by atoms with Crippen molar-refractivity contribution in [2.24, 2.45) is 0 Å². The molecule has 2 N–H and O–H groups in total. The number of carbonyl (C=O) groups is 1. The van der Waals surface area contributed by atoms with Gasteiger partial charge in [0.1, 0.15) is 11.5 Å². The average Bonchev–Trinajstić information content (AvgIpc) is 2.88. The number of carbonyl (C=O) groups excluding carboxylic acids is 1. The SMILES string of the molecule is Cc1cc(C)c(NC(=O)c2sccc2C#CCO)c(C)c1. The number of rotatable bonds is 2. The van der Waals surface area contributed by atoms with Crippen molar-refractivity contribution in [3.8, 4) is 11.8 Å². The van der Waals surface area contributed by atoms with E-state index in [0.717, 1.165) is 16.8 Å². The molecule has 0 aliphatic rings. The molecule has 2 rings (SSSR count). The zero-order valence-electron chi connectivity index (χ0n) is 12.3. The van der Waals surface area contributed by atoms with Gasteiger partial charge in [0, 0.05) is 11.3 Å². The molecule has 0 spiro atoms. The fourth-order valence-electron chi connectivity index (χ4n) is 2.27. The summed E-state index contributed by atoms with van der Waals surface area (Å²) in [5.74, 6) is 5.21. The average molecular weight is 299 g/mol. The van der Waals surface area contributed by atoms with Gasteiger partial charge in [0.2, 0.25) is 0 Å². The van der Waals surface area contributed by atoms with Crippen molar-refractivity contribution >= 4 is 22.9 Å². The molecular formula is C17H17NO2S. The first-order chi connectivity index (χ1) is 10.0. The lowest BCUT2D eigenvalue weighted by Crippen LogP contribution is -2.13. The van der Waals surface area contributed by atoms with E-state index in [1.165, 1.54) is 16.9 Å². The minimum absolute atomic E-state index is 0.165. The summed E-state index contributed by atoms with van der Waals surface area (Å²) in [5, 5.41) is 13.5. The standard InChI is InChI=1S/C17H17NO2S/c1-11-9-12(2)15(13(3)10-11)18-17(20)16-14(5-4-7-19)6-8-21-16/h6,8-10,19H,7H2,1-3H3,(H,18,20). The van der Waals surface area contributed by atoms with Gasteiger partial charge in [0.25, 0.3) is 5.91 Å². The number of amides is 1. The maximum absolute atomic E-state index is 12.4. The predicted molar refractivity (Wildman–Crippen MR) is 86.9 cm³/mol. The van der Waals surface area contributed by atoms with Crippen LogP contribution in [0.1, 0.15) is 31.9 Å². The molecule has 0 fully saturated rings. The van der Waals surface area contributed by atoms with Crippen molar-refractivity contribution in [3.63, 3.8) is 0 Å². The van der Waals surface area contributed by atoms with Crippen molar-refractivity contribution in [2.75, 3.05) is 11.9 Å². The summed E-state index contributed by atoms with van der Waals surface area (Å²) in [4.78, 5) is 13.0. The molecule has 0 unspecified atom stereocenters. The van der Waals surface area contributed by atoms with Gasteiger partial charge in [-0.05, 0) is 43.3 Å². The summed E-state index contributed by atoms with van der Waals surface area (Å²) in [5.41, 5.74) is 4.75. The highest BCUT2D eigenvalue weighted by Gasteiger charge is 2.14. The molecule has 3 nitrogen and oxygen atoms in total. The highest BCUT2D eigenvalue weighted by Crippen LogP contribution is 2.24. The van der Waals surface area contributed by atoms with E-state index >= 15 is 0 Å². The maximum atomic E-state index is 12.4. The Morgan fingerprint density at radius 3 is 2.57 bits per heavy atom. The van der Waals surface area contributed by atoms with E-state index in [0.29, 0.717) is 10.4 Å². The first-order valence-electron chi connectivity index (χ1n) is 6.59. The van der Waals surface area contributed by atoms with Gasteiger partial charge in [-0.3, -0.25) is 4.79 Å². The first kappa shape index (κ1) is 15.3. The zero-order chi connectivity index (χ0) is 15.4. The second kappa shape index (κ2) is 6.57. The fraction of sp³-hybridized carbons (Fsp3) is 0.235. The molecule has 0 aliphatic carbocycles. The third kappa shape index (κ3) is 3.52. The Morgan fingerprint density at radius 2 is 1.95 bits per heavy atom. The number of thiophene rings is 1. The van der Waals surface area contributed by atoms with Crippen LogP contribution in [0.2, 0.25) is 0 Å². The Bertz CT molecular complexity index is 712. The largest absolute Gasteiger partial charge is 0.384 e. The highest BCUT2D eigenvalue weighted by molar-refractivity contribution is 7.12. The second-order valence-corrected chi connectivity index (χ2v) is 5.77. The van der Waals surface area contributed by atoms with Gasteiger partial charge in [-0.1, -0.05) is 29.5 Å². The van der Waals surface area contributed by atoms with Crippen LogP contribution in [0.15, 0.2) is 23.6 Å². The number of aliphatic hydroxyl groups is 1. The summed E-state index contributed by atoms with van der Waals surface area (Å²) < 4.78 is 0. The lowest BCUT2D eigenvalue weighted by atomic mass is 10.0. The lowest BCUT2D eigenvalue weighted by Gasteiger charge is -2.12. The predicted octanol–water partition coefficient (Wildman–Crippen LogP) is 3.27. The van der Waals surface area contributed by atoms with E-state index in [2.05, 4.69) is 17.2 Å². The summed E-state index contributed by atoms with van der Waals surface area (Å²) >= 11 is 1.35. The van der Waals surface area contributed by atoms with Crippen LogP contribution in [0.4, 0.5) is 5.69 Å². The molecule has 0 aliphatic heterocycles. The molecule has 0 radical (unpaired) electrons. The van der Waals surface area contributed by atoms with Gasteiger partial charge in [-0.15, -0.1) is 11.3 Å². The van der Waals surface area contributed by atoms with Crippen LogP contribution >= 0.6 is 11.3 Å². The molecule has 108 valence electrons. The molecule has 0 saturated heterocycles. The van der Waals surface area contributed by atoms with Crippen LogP contribution < -0.4 is 5.32 Å². The highest BCUT2D eigenvalue weighted by atomic mass is 32.1. The lowest BCUT2D eigenvalue weighted by molar-refractivity contribution is 0.103. The molecular weight excluding hydrogens is 282 g/mol. The van der Waals surface area contributed by atoms with Crippen LogP contribution in [0.25, 0.3) is 0 Å². The van der Waals surface area contributed by atoms with Crippen molar-refractivity contribution in [2.45, 2.75) is 20.8 Å². The summed E-state index contributed by atoms with van der Waals surface area (Å²) in [6, 6.07) is 5.88. The van der Waals surface area contributed by atoms with Crippen molar-refractivity contribution in [3.05, 3.63) is 50.7 Å². The van der Waals surface area contributed by atoms with Gasteiger partial charge < -0.3 is 10.4 Å². The summed E-state index contributed by atoms with van der Waals surface area (Å²) in [6.45, 7) is 5.79. The number of hydrogen-bond acceptors (Lipinski definition) is 3. The van der Waals surface area contributed by atoms with Crippen molar-refractivity contribution < 1.29 is 9.90 Å². The molecule has 0 bridgehead atoms. The van der Waals surface area contributed by atoms with E-state index in [9.17, 15) is 4.79 Å². The maximum Gasteiger partial charge on any atom is 0.267 e. The Labute approximate surface area is 128 Å². The van der Waals surface area contributed by atoms with Crippen LogP contribution in [0.3, 0.4) is 0 Å². The monoisotopic (exact) mass is 299 g/mol. The van der Waals surface area contributed by atoms with Gasteiger partial charge in [0.15, 0.2) is 0 Å². The molecule has 1 aromatic carbocycles. The van der Waals surface area contributed by atoms with Crippen LogP contribution in [-0.4, -0.2) is 17.6 Å². The van der Waals surface area contributed by atoms with Gasteiger partial charge in [0.05, 0.1) is 0 Å². The van der Waals surface area contributed by atoms with Gasteiger partial charge >= 0.3 is 0 Å². The number of benzene rings is 1. The molecule has 1 aromatic heterocycles. The van der Waals surface area contributed by atoms with Gasteiger partial charge in [-0.25, -0.2) is 0 Å². The molecule has 2 aromatic rings. The molecule has 21 heavy (non-hydrogen) atoms. The Balaban J connectivity index is 2.29. The quantitative estimate of drug-likeness (QED) is 0.836. The minimum Gasteiger partial charge on any atom is -0.384 e. The van der Waals surface area contributed by atoms with Crippen molar-refractivity contribution in [1.82, 2.24) is 0 Å². The third-order valence-electron chi connectivity index (χ3n) is 3.09. The van der Waals surface area contributed by atoms with E-state index in [1.54, 1.807) is 6.07 Å². The van der Waals surface area contributed by atoms with Crippen LogP contribution in [-0.2, 0) is 0 Å². The number of aryl methyl sites for hydroxylation is 3. The molecule has 0 saturated carbocycles. The van der Waals surface area contributed by atoms with Crippen LogP contribution in [0.5, 0.6) is 0 Å². The number of anilines is 1. The Morgan fingerprint density at radius 1 is 1.29 bits per heavy atom. The molecule has 0 atom stereocenters. The molecule has 4 heteroatoms. The normalized spacial score (nSPS) is 9.90. The minimum atomic E-state index is -0.215. The van der Waals surface area contributed by atoms with E-state index < -0.39 is 0 Å². The number of hydrogen-bond donors (Lipinski definition) is 2. The molecule has 1 heterocycles. The third-order valence-corrected chi connectivity index (χ3v) is 4.00. The Kier molecular flexibility index (Phi) is 4.79. The smallest absolute Gasteiger partial charge is 0.267 e. The van der Waals surface area contributed by atoms with Crippen molar-refractivity contribution in [1.29, 1.82) is 0 Å². The summed E-state index contributed by atoms with van der Waals surface area (Å²) in [7, 11) is 0. The van der Waals surface area contributed by atoms with E-state index in [-0.39, 0.29) is 12.5 Å². The molecule has 1 amide bonds. The topological polar surface area (TPSA) is 49.3 Å². The second-order valence-electron chi connectivity index (χ2n) is 4.85. The zero-order valence-corrected chi connectivity index (χ0v) is 13.1. The Hall–Kier alpha value is -2.09. The van der Waals surface area contributed by atoms with E-state index in [4.69, 9.17) is 5.11 Å². The summed E-state index contributed by atoms with van der Waals surface area (Å²) in [6.07, 6.45) is 0. The number of aliphatic hydroxyl groups excluding tert-OH is 1. The first-order valence-corrected chi connectivity index (χ1v) is 7.47. The van der Waals surface area contributed by atoms with Crippen LogP contribution in [0, 0.1) is 32.6 Å².